The number of nitro groups is 1. The van der Waals surface area contributed by atoms with Crippen molar-refractivity contribution in [3.8, 4) is 0 Å². The molecule has 0 unspecified atom stereocenters. The second-order valence-corrected chi connectivity index (χ2v) is 7.80. The lowest BCUT2D eigenvalue weighted by atomic mass is 9.99. The van der Waals surface area contributed by atoms with Gasteiger partial charge in [-0.15, -0.1) is 0 Å². The standard InChI is InChI=1S/C13H18N2O4S/c1-13(7-8-20(18,19)10-13)14(2)9-11-3-5-12(6-4-11)15(16)17/h3-6H,7-10H2,1-2H3/t13-/m0/s1. The van der Waals surface area contributed by atoms with Crippen LogP contribution in [0, 0.1) is 10.1 Å². The highest BCUT2D eigenvalue weighted by Gasteiger charge is 2.41. The second kappa shape index (κ2) is 5.14. The van der Waals surface area contributed by atoms with E-state index in [-0.39, 0.29) is 22.7 Å². The van der Waals surface area contributed by atoms with Gasteiger partial charge in [-0.05, 0) is 26.0 Å². The van der Waals surface area contributed by atoms with Crippen molar-refractivity contribution < 1.29 is 13.3 Å². The summed E-state index contributed by atoms with van der Waals surface area (Å²) in [7, 11) is -1.05. The monoisotopic (exact) mass is 298 g/mol. The maximum atomic E-state index is 11.6. The van der Waals surface area contributed by atoms with Gasteiger partial charge in [0, 0.05) is 24.2 Å². The van der Waals surface area contributed by atoms with E-state index in [0.29, 0.717) is 13.0 Å². The first-order valence-corrected chi connectivity index (χ1v) is 8.19. The van der Waals surface area contributed by atoms with Crippen LogP contribution in [0.15, 0.2) is 24.3 Å². The van der Waals surface area contributed by atoms with Crippen LogP contribution in [0.3, 0.4) is 0 Å². The molecule has 1 aliphatic rings. The Bertz CT molecular complexity index is 612. The molecular formula is C13H18N2O4S. The molecule has 110 valence electrons. The van der Waals surface area contributed by atoms with Gasteiger partial charge in [0.1, 0.15) is 0 Å². The Balaban J connectivity index is 2.08. The van der Waals surface area contributed by atoms with Crippen LogP contribution in [-0.4, -0.2) is 42.3 Å². The molecule has 0 N–H and O–H groups in total. The predicted molar refractivity (Wildman–Crippen MR) is 76.2 cm³/mol. The minimum absolute atomic E-state index is 0.0612. The summed E-state index contributed by atoms with van der Waals surface area (Å²) in [5.74, 6) is 0.400. The smallest absolute Gasteiger partial charge is 0.269 e. The summed E-state index contributed by atoms with van der Waals surface area (Å²) in [5.41, 5.74) is 0.635. The Hall–Kier alpha value is -1.47. The molecule has 1 heterocycles. The number of non-ortho nitro benzene ring substituents is 1. The Morgan fingerprint density at radius 1 is 1.35 bits per heavy atom. The van der Waals surface area contributed by atoms with E-state index in [9.17, 15) is 18.5 Å². The molecule has 0 radical (unpaired) electrons. The molecule has 7 heteroatoms. The van der Waals surface area contributed by atoms with Crippen molar-refractivity contribution in [3.63, 3.8) is 0 Å². The third kappa shape index (κ3) is 3.16. The Kier molecular flexibility index (Phi) is 3.84. The van der Waals surface area contributed by atoms with Crippen molar-refractivity contribution in [1.82, 2.24) is 4.90 Å². The zero-order valence-corrected chi connectivity index (χ0v) is 12.4. The molecule has 2 rings (SSSR count). The lowest BCUT2D eigenvalue weighted by molar-refractivity contribution is -0.384. The first-order chi connectivity index (χ1) is 9.22. The summed E-state index contributed by atoms with van der Waals surface area (Å²) in [6, 6.07) is 6.36. The second-order valence-electron chi connectivity index (χ2n) is 5.62. The Morgan fingerprint density at radius 2 is 1.95 bits per heavy atom. The van der Waals surface area contributed by atoms with E-state index in [2.05, 4.69) is 0 Å². The van der Waals surface area contributed by atoms with E-state index < -0.39 is 14.8 Å². The van der Waals surface area contributed by atoms with Crippen molar-refractivity contribution >= 4 is 15.5 Å². The lowest BCUT2D eigenvalue weighted by Crippen LogP contribution is -2.44. The molecular weight excluding hydrogens is 280 g/mol. The molecule has 1 atom stereocenters. The molecule has 0 bridgehead atoms. The first kappa shape index (κ1) is 14.9. The summed E-state index contributed by atoms with van der Waals surface area (Å²) in [6.45, 7) is 2.52. The van der Waals surface area contributed by atoms with Gasteiger partial charge in [0.05, 0.1) is 16.4 Å². The fourth-order valence-corrected chi connectivity index (χ4v) is 4.69. The highest BCUT2D eigenvalue weighted by atomic mass is 32.2. The Labute approximate surface area is 118 Å². The van der Waals surface area contributed by atoms with E-state index in [1.165, 1.54) is 12.1 Å². The van der Waals surface area contributed by atoms with Crippen LogP contribution < -0.4 is 0 Å². The van der Waals surface area contributed by atoms with Crippen molar-refractivity contribution in [1.29, 1.82) is 0 Å². The zero-order valence-electron chi connectivity index (χ0n) is 11.6. The SMILES string of the molecule is CN(Cc1ccc([N+](=O)[O-])cc1)[C@@]1(C)CCS(=O)(=O)C1. The molecule has 0 spiro atoms. The van der Waals surface area contributed by atoms with Crippen LogP contribution >= 0.6 is 0 Å². The molecule has 0 amide bonds. The van der Waals surface area contributed by atoms with Crippen LogP contribution in [0.2, 0.25) is 0 Å². The van der Waals surface area contributed by atoms with Crippen molar-refractivity contribution in [3.05, 3.63) is 39.9 Å². The number of sulfone groups is 1. The van der Waals surface area contributed by atoms with Crippen molar-refractivity contribution in [2.45, 2.75) is 25.4 Å². The van der Waals surface area contributed by atoms with Gasteiger partial charge in [-0.25, -0.2) is 8.42 Å². The summed E-state index contributed by atoms with van der Waals surface area (Å²) < 4.78 is 23.2. The zero-order chi connectivity index (χ0) is 15.0. The lowest BCUT2D eigenvalue weighted by Gasteiger charge is -2.34. The molecule has 1 fully saturated rings. The van der Waals surface area contributed by atoms with Crippen LogP contribution in [0.5, 0.6) is 0 Å². The van der Waals surface area contributed by atoms with Gasteiger partial charge in [0.2, 0.25) is 0 Å². The van der Waals surface area contributed by atoms with Crippen LogP contribution in [-0.2, 0) is 16.4 Å². The number of nitrogens with zero attached hydrogens (tertiary/aromatic N) is 2. The predicted octanol–water partition coefficient (Wildman–Crippen LogP) is 1.60. The number of rotatable bonds is 4. The average molecular weight is 298 g/mol. The molecule has 0 aromatic heterocycles. The van der Waals surface area contributed by atoms with Crippen molar-refractivity contribution in [2.24, 2.45) is 0 Å². The minimum atomic E-state index is -2.94. The van der Waals surface area contributed by atoms with E-state index in [4.69, 9.17) is 0 Å². The molecule has 0 saturated carbocycles. The highest BCUT2D eigenvalue weighted by Crippen LogP contribution is 2.29. The number of hydrogen-bond donors (Lipinski definition) is 0. The first-order valence-electron chi connectivity index (χ1n) is 6.37. The molecule has 0 aliphatic carbocycles. The normalized spacial score (nSPS) is 24.9. The summed E-state index contributed by atoms with van der Waals surface area (Å²) in [4.78, 5) is 12.2. The van der Waals surface area contributed by atoms with Crippen molar-refractivity contribution in [2.75, 3.05) is 18.6 Å². The third-order valence-corrected chi connectivity index (χ3v) is 5.86. The summed E-state index contributed by atoms with van der Waals surface area (Å²) in [5, 5.41) is 10.6. The van der Waals surface area contributed by atoms with Gasteiger partial charge in [-0.3, -0.25) is 15.0 Å². The number of benzene rings is 1. The summed E-state index contributed by atoms with van der Waals surface area (Å²) in [6.07, 6.45) is 0.624. The van der Waals surface area contributed by atoms with E-state index >= 15 is 0 Å². The summed E-state index contributed by atoms with van der Waals surface area (Å²) >= 11 is 0. The number of hydrogen-bond acceptors (Lipinski definition) is 5. The fourth-order valence-electron chi connectivity index (χ4n) is 2.48. The molecule has 1 aromatic rings. The Morgan fingerprint density at radius 3 is 2.40 bits per heavy atom. The topological polar surface area (TPSA) is 80.5 Å². The third-order valence-electron chi connectivity index (χ3n) is 3.97. The fraction of sp³-hybridized carbons (Fsp3) is 0.538. The molecule has 6 nitrogen and oxygen atoms in total. The average Bonchev–Trinajstić information content (AvgIpc) is 2.65. The largest absolute Gasteiger partial charge is 0.296 e. The molecule has 20 heavy (non-hydrogen) atoms. The maximum absolute atomic E-state index is 11.6. The van der Waals surface area contributed by atoms with Gasteiger partial charge < -0.3 is 0 Å². The van der Waals surface area contributed by atoms with Gasteiger partial charge in [0.25, 0.3) is 5.69 Å². The van der Waals surface area contributed by atoms with Crippen LogP contribution in [0.4, 0.5) is 5.69 Å². The van der Waals surface area contributed by atoms with Gasteiger partial charge >= 0.3 is 0 Å². The minimum Gasteiger partial charge on any atom is -0.296 e. The van der Waals surface area contributed by atoms with Gasteiger partial charge in [-0.2, -0.15) is 0 Å². The highest BCUT2D eigenvalue weighted by molar-refractivity contribution is 7.91. The number of nitro benzene ring substituents is 1. The molecule has 1 aromatic carbocycles. The van der Waals surface area contributed by atoms with E-state index in [1.807, 2.05) is 18.9 Å². The van der Waals surface area contributed by atoms with E-state index in [0.717, 1.165) is 5.56 Å². The molecule has 1 aliphatic heterocycles. The van der Waals surface area contributed by atoms with Crippen LogP contribution in [0.1, 0.15) is 18.9 Å². The quantitative estimate of drug-likeness (QED) is 0.623. The maximum Gasteiger partial charge on any atom is 0.269 e. The van der Waals surface area contributed by atoms with E-state index in [1.54, 1.807) is 12.1 Å². The van der Waals surface area contributed by atoms with Crippen LogP contribution in [0.25, 0.3) is 0 Å². The molecule has 1 saturated heterocycles. The van der Waals surface area contributed by atoms with Gasteiger partial charge in [0.15, 0.2) is 9.84 Å². The van der Waals surface area contributed by atoms with Gasteiger partial charge in [-0.1, -0.05) is 12.1 Å².